The van der Waals surface area contributed by atoms with E-state index in [0.717, 1.165) is 15.7 Å². The minimum absolute atomic E-state index is 0.0694. The third-order valence-corrected chi connectivity index (χ3v) is 18.7. The van der Waals surface area contributed by atoms with Gasteiger partial charge in [0.2, 0.25) is 41.7 Å². The lowest BCUT2D eigenvalue weighted by molar-refractivity contribution is -0.355. The number of fused-ring (bicyclic) bond motifs is 1. The monoisotopic (exact) mass is 1450 g/mol. The Morgan fingerprint density at radius 1 is 0.592 bits per heavy atom. The lowest BCUT2D eigenvalue weighted by Gasteiger charge is -2.46. The van der Waals surface area contributed by atoms with Crippen LogP contribution in [0.4, 0.5) is 0 Å². The predicted octanol–water partition coefficient (Wildman–Crippen LogP) is -10.3. The van der Waals surface area contributed by atoms with Crippen LogP contribution in [0, 0.1) is 0 Å². The number of aliphatic hydroxyl groups is 13. The SMILES string of the molecule is COc1ccc2cc(CO[C@H]3[C@H](O)[C@@H](CO)OC(O[C@H]4[C@H](O)[C@H](O)[C@@H](Oc5ccc(C[C@H]6NC(=O)[C@H]([C@@H](C)c7ccccc7)NC(=O)CNC(=O)[C@H](CO)NC(=O)[C@@H]([C@@H](O)[C@@H]7CN=C(N)N7[C@H]7O[C@H](O)[C@@H](O)[C@H](O)[C@@H]7O)NC(=O)[C@H]([C@@H](O)[C@@H]7CNC(N)=N7)NC6=O)cc5)O[C@@H]4CO)[C@H]3O)ccc2c1. The summed E-state index contributed by atoms with van der Waals surface area (Å²) in [6, 6.07) is 11.6. The molecule has 38 nitrogen and oxygen atoms in total. The number of carbonyl (C=O) groups is 6. The van der Waals surface area contributed by atoms with Crippen molar-refractivity contribution in [2.75, 3.05) is 46.6 Å². The number of nitrogens with one attached hydrogen (secondary N) is 7. The molecule has 6 aliphatic heterocycles. The standard InChI is InChI=1S/C65H86N12O26/c1-26(29-6-4-3-5-7-29)41-57(93)71-34(17-27-9-13-32(14-10-27)99-62-51(89)48(86)53(39(24-80)101-62)102-63-52(90)54(46(84)38(23-79)100-63)98-25-28-8-11-31-18-33(97-2)15-12-30(31)16-28)56(92)75-42(44(82)35-19-69-64(66)73-35)59(95)76-43(58(94)72-36(22-78)55(91)68-21-40(81)74-41)45(83)37-20-70-65(67)77(37)60-49(87)47(85)50(88)61(96)103-60/h3-16,18,26,34-39,41-54,60-63,78-80,82-90,96H,17,19-25H2,1-2H3,(H2,67,70)(H,68,91)(H,71,93)(H,72,94)(H,74,81)(H,75,92)(H,76,95)(H3,66,69,73)/t26-,34+,35-,36-,37-,38+,39+,41-,42-,43+,44-,45-,46+,47+,48+,49-,50-,51-,52-,53+,54-,60-,61-,62-,63?/m0/s1. The average molecular weight is 1450 g/mol. The van der Waals surface area contributed by atoms with Crippen LogP contribution in [0.25, 0.3) is 10.8 Å². The van der Waals surface area contributed by atoms with Crippen molar-refractivity contribution in [2.24, 2.45) is 21.5 Å². The highest BCUT2D eigenvalue weighted by Crippen LogP contribution is 2.34. The Bertz CT molecular complexity index is 3680. The van der Waals surface area contributed by atoms with Crippen LogP contribution in [0.5, 0.6) is 11.5 Å². The smallest absolute Gasteiger partial charge is 0.246 e. The lowest BCUT2D eigenvalue weighted by atomic mass is 9.92. The molecule has 38 heteroatoms. The molecule has 6 amide bonds. The maximum Gasteiger partial charge on any atom is 0.246 e. The summed E-state index contributed by atoms with van der Waals surface area (Å²) in [4.78, 5) is 96.5. The van der Waals surface area contributed by atoms with E-state index in [2.05, 4.69) is 47.2 Å². The van der Waals surface area contributed by atoms with E-state index in [-0.39, 0.29) is 30.4 Å². The third-order valence-electron chi connectivity index (χ3n) is 18.7. The van der Waals surface area contributed by atoms with Crippen LogP contribution in [-0.4, -0.2) is 312 Å². The number of aliphatic imine (C=N–C) groups is 2. The lowest BCUT2D eigenvalue weighted by Crippen LogP contribution is -2.70. The fraction of sp³-hybridized carbons (Fsp3) is 0.538. The second-order valence-corrected chi connectivity index (χ2v) is 25.5. The Kier molecular flexibility index (Phi) is 25.3. The van der Waals surface area contributed by atoms with E-state index in [9.17, 15) is 85.6 Å². The second-order valence-electron chi connectivity index (χ2n) is 25.5. The molecule has 1 unspecified atom stereocenters. The Morgan fingerprint density at radius 3 is 1.90 bits per heavy atom. The third kappa shape index (κ3) is 17.5. The first-order chi connectivity index (χ1) is 49.2. The molecule has 24 N–H and O–H groups in total. The van der Waals surface area contributed by atoms with E-state index in [1.807, 2.05) is 24.3 Å². The number of methoxy groups -OCH3 is 1. The minimum atomic E-state index is -2.37. The molecule has 562 valence electrons. The van der Waals surface area contributed by atoms with Gasteiger partial charge in [0, 0.05) is 18.9 Å². The van der Waals surface area contributed by atoms with Gasteiger partial charge in [-0.3, -0.25) is 33.8 Å². The zero-order valence-corrected chi connectivity index (χ0v) is 55.4. The van der Waals surface area contributed by atoms with Crippen molar-refractivity contribution in [3.05, 3.63) is 108 Å². The summed E-state index contributed by atoms with van der Waals surface area (Å²) < 4.78 is 40.3. The topological polar surface area (TPSA) is 594 Å². The highest BCUT2D eigenvalue weighted by atomic mass is 16.7. The molecule has 10 rings (SSSR count). The van der Waals surface area contributed by atoms with Crippen molar-refractivity contribution in [1.29, 1.82) is 0 Å². The van der Waals surface area contributed by atoms with Gasteiger partial charge in [0.05, 0.1) is 58.7 Å². The average Bonchev–Trinajstić information content (AvgIpc) is 1.72. The summed E-state index contributed by atoms with van der Waals surface area (Å²) >= 11 is 0. The van der Waals surface area contributed by atoms with Gasteiger partial charge in [0.25, 0.3) is 0 Å². The number of carbonyl (C=O) groups excluding carboxylic acids is 6. The molecule has 0 bridgehead atoms. The Balaban J connectivity index is 0.901. The summed E-state index contributed by atoms with van der Waals surface area (Å²) in [6.07, 6.45) is -32.1. The van der Waals surface area contributed by atoms with E-state index in [4.69, 9.17) is 44.6 Å². The van der Waals surface area contributed by atoms with Crippen molar-refractivity contribution >= 4 is 58.1 Å². The molecule has 4 fully saturated rings. The normalized spacial score (nSPS) is 34.5. The molecular formula is C65H86N12O26. The van der Waals surface area contributed by atoms with Crippen molar-refractivity contribution in [3.63, 3.8) is 0 Å². The first-order valence-corrected chi connectivity index (χ1v) is 32.9. The van der Waals surface area contributed by atoms with E-state index < -0.39 is 233 Å². The van der Waals surface area contributed by atoms with E-state index in [0.29, 0.717) is 16.9 Å². The van der Waals surface area contributed by atoms with Gasteiger partial charge in [-0.2, -0.15) is 0 Å². The van der Waals surface area contributed by atoms with Crippen molar-refractivity contribution in [2.45, 2.75) is 173 Å². The number of aliphatic hydroxyl groups excluding tert-OH is 13. The first kappa shape index (κ1) is 77.0. The number of nitrogens with two attached hydrogens (primary N) is 2. The number of ether oxygens (including phenoxy) is 7. The number of nitrogens with zero attached hydrogens (tertiary/aromatic N) is 3. The maximum atomic E-state index is 15.2. The molecule has 6 heterocycles. The molecule has 103 heavy (non-hydrogen) atoms. The molecule has 0 radical (unpaired) electrons. The van der Waals surface area contributed by atoms with Gasteiger partial charge in [0.1, 0.15) is 121 Å². The second kappa shape index (κ2) is 33.9. The van der Waals surface area contributed by atoms with Crippen molar-refractivity contribution in [1.82, 2.24) is 42.1 Å². The van der Waals surface area contributed by atoms with Gasteiger partial charge in [-0.25, -0.2) is 4.99 Å². The van der Waals surface area contributed by atoms with Gasteiger partial charge < -0.3 is 153 Å². The summed E-state index contributed by atoms with van der Waals surface area (Å²) in [7, 11) is 1.54. The van der Waals surface area contributed by atoms with Crippen LogP contribution in [0.15, 0.2) is 101 Å². The molecule has 6 aliphatic rings. The summed E-state index contributed by atoms with van der Waals surface area (Å²) in [5, 5.41) is 163. The quantitative estimate of drug-likeness (QED) is 0.0391. The fourth-order valence-corrected chi connectivity index (χ4v) is 12.8. The fourth-order valence-electron chi connectivity index (χ4n) is 12.8. The highest BCUT2D eigenvalue weighted by molar-refractivity contribution is 5.98. The van der Waals surface area contributed by atoms with Crippen LogP contribution in [0.1, 0.15) is 29.5 Å². The predicted molar refractivity (Wildman–Crippen MR) is 351 cm³/mol. The zero-order chi connectivity index (χ0) is 74.2. The summed E-state index contributed by atoms with van der Waals surface area (Å²) in [5.74, 6) is -8.45. The van der Waals surface area contributed by atoms with Gasteiger partial charge in [-0.1, -0.05) is 67.6 Å². The summed E-state index contributed by atoms with van der Waals surface area (Å²) in [5.41, 5.74) is 13.5. The van der Waals surface area contributed by atoms with Crippen molar-refractivity contribution < 1.29 is 128 Å². The molecule has 4 aromatic rings. The van der Waals surface area contributed by atoms with Gasteiger partial charge in [0.15, 0.2) is 30.7 Å². The number of rotatable bonds is 20. The maximum absolute atomic E-state index is 15.2. The van der Waals surface area contributed by atoms with Crippen LogP contribution in [0.3, 0.4) is 0 Å². The van der Waals surface area contributed by atoms with Gasteiger partial charge >= 0.3 is 0 Å². The minimum Gasteiger partial charge on any atom is -0.497 e. The number of hydrogen-bond donors (Lipinski definition) is 22. The van der Waals surface area contributed by atoms with Gasteiger partial charge in [-0.05, 0) is 57.8 Å². The Morgan fingerprint density at radius 2 is 1.22 bits per heavy atom. The number of hydrogen-bond acceptors (Lipinski definition) is 32. The molecule has 4 aromatic carbocycles. The molecule has 0 saturated carbocycles. The molecule has 4 saturated heterocycles. The van der Waals surface area contributed by atoms with E-state index in [1.165, 1.54) is 24.3 Å². The largest absolute Gasteiger partial charge is 0.497 e. The Labute approximate surface area is 586 Å². The van der Waals surface area contributed by atoms with Crippen LogP contribution >= 0.6 is 0 Å². The van der Waals surface area contributed by atoms with E-state index in [1.54, 1.807) is 56.5 Å². The zero-order valence-electron chi connectivity index (χ0n) is 55.4. The molecule has 0 spiro atoms. The van der Waals surface area contributed by atoms with Crippen LogP contribution in [0.2, 0.25) is 0 Å². The molecular weight excluding hydrogens is 1360 g/mol. The summed E-state index contributed by atoms with van der Waals surface area (Å²) in [6.45, 7) is -3.13. The molecule has 0 aliphatic carbocycles. The van der Waals surface area contributed by atoms with Crippen LogP contribution < -0.4 is 58.2 Å². The van der Waals surface area contributed by atoms with Crippen LogP contribution in [-0.2, 0) is 65.5 Å². The number of guanidine groups is 2. The first-order valence-electron chi connectivity index (χ1n) is 32.9. The van der Waals surface area contributed by atoms with Gasteiger partial charge in [-0.15, -0.1) is 0 Å². The molecule has 25 atom stereocenters. The number of amides is 6. The number of benzene rings is 4. The van der Waals surface area contributed by atoms with E-state index >= 15 is 9.59 Å². The molecule has 0 aromatic heterocycles. The highest BCUT2D eigenvalue weighted by Gasteiger charge is 2.54. The van der Waals surface area contributed by atoms with Crippen molar-refractivity contribution in [3.8, 4) is 11.5 Å². The Hall–Kier alpha value is -8.62.